The molecule has 0 bridgehead atoms. The van der Waals surface area contributed by atoms with Crippen LogP contribution in [0.5, 0.6) is 0 Å². The first-order chi connectivity index (χ1) is 18.1. The number of unbranched alkanes of at least 4 members (excludes halogenated alkanes) is 5. The molecule has 5 nitrogen and oxygen atoms in total. The topological polar surface area (TPSA) is 67.5 Å². The zero-order chi connectivity index (χ0) is 26.0. The summed E-state index contributed by atoms with van der Waals surface area (Å²) in [5.41, 5.74) is 6.62. The third kappa shape index (κ3) is 6.85. The van der Waals surface area contributed by atoms with E-state index >= 15 is 0 Å². The highest BCUT2D eigenvalue weighted by Gasteiger charge is 2.20. The second-order valence-electron chi connectivity index (χ2n) is 9.89. The SMILES string of the molecule is CCCCCCCN=C1C=Cc2nc(CCCC)n(Cc3ccc(-c4ccccc4C(=O)O)cc3)c2C1. The zero-order valence-electron chi connectivity index (χ0n) is 22.2. The molecule has 1 N–H and O–H groups in total. The van der Waals surface area contributed by atoms with Crippen molar-refractivity contribution in [1.29, 1.82) is 0 Å². The lowest BCUT2D eigenvalue weighted by atomic mass is 9.98. The normalized spacial score (nSPS) is 13.7. The van der Waals surface area contributed by atoms with E-state index in [0.717, 1.165) is 73.6 Å². The molecule has 0 aliphatic heterocycles. The van der Waals surface area contributed by atoms with Crippen LogP contribution in [0.4, 0.5) is 0 Å². The molecule has 0 fully saturated rings. The number of nitrogens with zero attached hydrogens (tertiary/aromatic N) is 3. The van der Waals surface area contributed by atoms with Gasteiger partial charge in [-0.2, -0.15) is 0 Å². The Labute approximate surface area is 221 Å². The molecule has 3 aromatic rings. The Kier molecular flexibility index (Phi) is 9.47. The van der Waals surface area contributed by atoms with Crippen molar-refractivity contribution in [1.82, 2.24) is 9.55 Å². The fourth-order valence-electron chi connectivity index (χ4n) is 4.94. The number of aryl methyl sites for hydroxylation is 1. The Bertz CT molecular complexity index is 1250. The minimum atomic E-state index is -0.906. The first-order valence-corrected chi connectivity index (χ1v) is 13.8. The van der Waals surface area contributed by atoms with Crippen molar-refractivity contribution in [3.05, 3.63) is 82.9 Å². The number of carbonyl (C=O) groups is 1. The largest absolute Gasteiger partial charge is 0.478 e. The second kappa shape index (κ2) is 13.2. The molecule has 2 aromatic carbocycles. The molecule has 5 heteroatoms. The van der Waals surface area contributed by atoms with E-state index in [1.807, 2.05) is 24.3 Å². The van der Waals surface area contributed by atoms with Gasteiger partial charge in [0.2, 0.25) is 0 Å². The van der Waals surface area contributed by atoms with Gasteiger partial charge < -0.3 is 9.67 Å². The van der Waals surface area contributed by atoms with Crippen molar-refractivity contribution in [2.45, 2.75) is 78.2 Å². The average molecular weight is 498 g/mol. The Morgan fingerprint density at radius 1 is 0.946 bits per heavy atom. The first kappa shape index (κ1) is 26.6. The van der Waals surface area contributed by atoms with Crippen LogP contribution in [0.1, 0.15) is 91.9 Å². The van der Waals surface area contributed by atoms with Crippen LogP contribution in [0.3, 0.4) is 0 Å². The summed E-state index contributed by atoms with van der Waals surface area (Å²) in [6.45, 7) is 6.11. The summed E-state index contributed by atoms with van der Waals surface area (Å²) >= 11 is 0. The summed E-state index contributed by atoms with van der Waals surface area (Å²) in [4.78, 5) is 21.6. The van der Waals surface area contributed by atoms with Gasteiger partial charge in [-0.1, -0.05) is 88.4 Å². The van der Waals surface area contributed by atoms with Crippen LogP contribution in [-0.2, 0) is 19.4 Å². The number of carboxylic acid groups (broad SMARTS) is 1. The number of fused-ring (bicyclic) bond motifs is 1. The third-order valence-corrected chi connectivity index (χ3v) is 7.06. The van der Waals surface area contributed by atoms with E-state index in [9.17, 15) is 9.90 Å². The van der Waals surface area contributed by atoms with Crippen LogP contribution in [0.25, 0.3) is 17.2 Å². The predicted octanol–water partition coefficient (Wildman–Crippen LogP) is 7.62. The van der Waals surface area contributed by atoms with E-state index in [0.29, 0.717) is 5.56 Å². The number of hydrogen-bond donors (Lipinski definition) is 1. The lowest BCUT2D eigenvalue weighted by Gasteiger charge is -2.15. The number of carboxylic acids is 1. The second-order valence-corrected chi connectivity index (χ2v) is 9.89. The van der Waals surface area contributed by atoms with Gasteiger partial charge in [0.15, 0.2) is 0 Å². The molecule has 0 unspecified atom stereocenters. The van der Waals surface area contributed by atoms with Gasteiger partial charge in [0, 0.05) is 31.6 Å². The molecule has 1 aromatic heterocycles. The summed E-state index contributed by atoms with van der Waals surface area (Å²) in [6.07, 6.45) is 14.6. The van der Waals surface area contributed by atoms with Crippen LogP contribution in [0.15, 0.2) is 59.6 Å². The van der Waals surface area contributed by atoms with Gasteiger partial charge in [-0.3, -0.25) is 4.99 Å². The van der Waals surface area contributed by atoms with Gasteiger partial charge in [0.25, 0.3) is 0 Å². The molecule has 194 valence electrons. The van der Waals surface area contributed by atoms with Crippen molar-refractivity contribution < 1.29 is 9.90 Å². The first-order valence-electron chi connectivity index (χ1n) is 13.8. The van der Waals surface area contributed by atoms with E-state index < -0.39 is 5.97 Å². The molecule has 4 rings (SSSR count). The fourth-order valence-corrected chi connectivity index (χ4v) is 4.94. The number of benzene rings is 2. The molecule has 0 atom stereocenters. The average Bonchev–Trinajstić information content (AvgIpc) is 3.26. The number of aliphatic imine (C=N–C) groups is 1. The lowest BCUT2D eigenvalue weighted by Crippen LogP contribution is -2.14. The van der Waals surface area contributed by atoms with Gasteiger partial charge in [-0.15, -0.1) is 0 Å². The Hall–Kier alpha value is -3.47. The van der Waals surface area contributed by atoms with E-state index in [4.69, 9.17) is 9.98 Å². The highest BCUT2D eigenvalue weighted by molar-refractivity contribution is 6.02. The van der Waals surface area contributed by atoms with Crippen molar-refractivity contribution in [2.75, 3.05) is 6.54 Å². The Balaban J connectivity index is 1.53. The minimum absolute atomic E-state index is 0.324. The van der Waals surface area contributed by atoms with Gasteiger partial charge in [-0.05, 0) is 47.8 Å². The lowest BCUT2D eigenvalue weighted by molar-refractivity contribution is 0.0697. The van der Waals surface area contributed by atoms with Crippen LogP contribution >= 0.6 is 0 Å². The standard InChI is InChI=1S/C32H39N3O2/c1-3-5-7-8-11-21-33-26-19-20-29-30(22-26)35(31(34-29)14-6-4-2)23-24-15-17-25(18-16-24)27-12-9-10-13-28(27)32(36)37/h9-10,12-13,15-20H,3-8,11,14,21-23H2,1-2H3,(H,36,37). The Morgan fingerprint density at radius 3 is 2.46 bits per heavy atom. The smallest absolute Gasteiger partial charge is 0.336 e. The maximum atomic E-state index is 11.7. The molecule has 37 heavy (non-hydrogen) atoms. The van der Waals surface area contributed by atoms with Crippen molar-refractivity contribution in [3.63, 3.8) is 0 Å². The molecular weight excluding hydrogens is 458 g/mol. The van der Waals surface area contributed by atoms with E-state index in [1.54, 1.807) is 12.1 Å². The number of hydrogen-bond acceptors (Lipinski definition) is 3. The van der Waals surface area contributed by atoms with Crippen molar-refractivity contribution in [3.8, 4) is 11.1 Å². The van der Waals surface area contributed by atoms with E-state index in [1.165, 1.54) is 36.9 Å². The number of imidazole rings is 1. The summed E-state index contributed by atoms with van der Waals surface area (Å²) in [7, 11) is 0. The van der Waals surface area contributed by atoms with E-state index in [-0.39, 0.29) is 0 Å². The van der Waals surface area contributed by atoms with Gasteiger partial charge >= 0.3 is 5.97 Å². The van der Waals surface area contributed by atoms with Crippen LogP contribution in [-0.4, -0.2) is 32.9 Å². The predicted molar refractivity (Wildman–Crippen MR) is 153 cm³/mol. The number of aromatic nitrogens is 2. The fraction of sp³-hybridized carbons (Fsp3) is 0.406. The summed E-state index contributed by atoms with van der Waals surface area (Å²) in [6, 6.07) is 15.4. The van der Waals surface area contributed by atoms with Crippen LogP contribution in [0, 0.1) is 0 Å². The molecule has 0 saturated carbocycles. The quantitative estimate of drug-likeness (QED) is 0.247. The zero-order valence-corrected chi connectivity index (χ0v) is 22.2. The number of allylic oxidation sites excluding steroid dienone is 1. The van der Waals surface area contributed by atoms with Crippen LogP contribution < -0.4 is 0 Å². The molecule has 0 saturated heterocycles. The Morgan fingerprint density at radius 2 is 1.70 bits per heavy atom. The van der Waals surface area contributed by atoms with Crippen molar-refractivity contribution >= 4 is 17.8 Å². The molecule has 1 aliphatic rings. The number of aromatic carboxylic acids is 1. The maximum absolute atomic E-state index is 11.7. The monoisotopic (exact) mass is 497 g/mol. The molecular formula is C32H39N3O2. The molecule has 1 heterocycles. The number of rotatable bonds is 13. The summed E-state index contributed by atoms with van der Waals surface area (Å²) in [5, 5.41) is 9.56. The third-order valence-electron chi connectivity index (χ3n) is 7.06. The summed E-state index contributed by atoms with van der Waals surface area (Å²) < 4.78 is 2.38. The highest BCUT2D eigenvalue weighted by atomic mass is 16.4. The van der Waals surface area contributed by atoms with Crippen LogP contribution in [0.2, 0.25) is 0 Å². The summed E-state index contributed by atoms with van der Waals surface area (Å²) in [5.74, 6) is 0.231. The highest BCUT2D eigenvalue weighted by Crippen LogP contribution is 2.26. The molecule has 0 radical (unpaired) electrons. The maximum Gasteiger partial charge on any atom is 0.336 e. The minimum Gasteiger partial charge on any atom is -0.478 e. The van der Waals surface area contributed by atoms with E-state index in [2.05, 4.69) is 42.7 Å². The van der Waals surface area contributed by atoms with Gasteiger partial charge in [0.1, 0.15) is 5.82 Å². The van der Waals surface area contributed by atoms with Gasteiger partial charge in [0.05, 0.1) is 17.0 Å². The van der Waals surface area contributed by atoms with Gasteiger partial charge in [-0.25, -0.2) is 9.78 Å². The van der Waals surface area contributed by atoms with Crippen molar-refractivity contribution in [2.24, 2.45) is 4.99 Å². The molecule has 1 aliphatic carbocycles. The molecule has 0 spiro atoms. The molecule has 0 amide bonds.